The number of carbonyl (C=O) groups excluding carboxylic acids is 1. The molecular weight excluding hydrogens is 296 g/mol. The predicted molar refractivity (Wildman–Crippen MR) is 71.1 cm³/mol. The molecule has 0 fully saturated rings. The van der Waals surface area contributed by atoms with E-state index in [2.05, 4.69) is 25.9 Å². The van der Waals surface area contributed by atoms with Crippen LogP contribution in [0.25, 0.3) is 11.3 Å². The molecule has 18 heavy (non-hydrogen) atoms. The lowest BCUT2D eigenvalue weighted by atomic mass is 10.1. The average Bonchev–Trinajstić information content (AvgIpc) is 2.40. The molecule has 1 aromatic heterocycles. The van der Waals surface area contributed by atoms with Crippen LogP contribution in [0.15, 0.2) is 41.0 Å². The maximum atomic E-state index is 11.5. The van der Waals surface area contributed by atoms with E-state index in [1.54, 1.807) is 19.2 Å². The molecule has 1 aromatic carbocycles. The van der Waals surface area contributed by atoms with E-state index >= 15 is 0 Å². The summed E-state index contributed by atoms with van der Waals surface area (Å²) in [6, 6.07) is 9.43. The third-order valence-electron chi connectivity index (χ3n) is 2.25. The third-order valence-corrected chi connectivity index (χ3v) is 2.78. The first-order valence-corrected chi connectivity index (χ1v) is 6.26. The molecule has 0 aliphatic heterocycles. The van der Waals surface area contributed by atoms with Gasteiger partial charge in [0.15, 0.2) is 0 Å². The second-order valence-electron chi connectivity index (χ2n) is 3.49. The van der Waals surface area contributed by atoms with E-state index < -0.39 is 5.97 Å². The van der Waals surface area contributed by atoms with E-state index in [0.717, 1.165) is 10.0 Å². The Morgan fingerprint density at radius 2 is 2.00 bits per heavy atom. The van der Waals surface area contributed by atoms with Crippen LogP contribution < -0.4 is 0 Å². The largest absolute Gasteiger partial charge is 0.460 e. The van der Waals surface area contributed by atoms with Gasteiger partial charge in [-0.3, -0.25) is 0 Å². The van der Waals surface area contributed by atoms with Crippen molar-refractivity contribution < 1.29 is 9.53 Å². The summed E-state index contributed by atoms with van der Waals surface area (Å²) < 4.78 is 5.86. The molecule has 0 amide bonds. The van der Waals surface area contributed by atoms with Gasteiger partial charge in [0.1, 0.15) is 0 Å². The van der Waals surface area contributed by atoms with Crippen LogP contribution in [0.5, 0.6) is 0 Å². The van der Waals surface area contributed by atoms with Crippen molar-refractivity contribution in [2.24, 2.45) is 0 Å². The first-order chi connectivity index (χ1) is 8.70. The lowest BCUT2D eigenvalue weighted by molar-refractivity contribution is 0.0512. The molecule has 0 saturated carbocycles. The van der Waals surface area contributed by atoms with Crippen molar-refractivity contribution in [2.75, 3.05) is 6.61 Å². The van der Waals surface area contributed by atoms with Crippen molar-refractivity contribution in [1.82, 2.24) is 9.97 Å². The first-order valence-electron chi connectivity index (χ1n) is 5.47. The smallest absolute Gasteiger partial charge is 0.376 e. The summed E-state index contributed by atoms with van der Waals surface area (Å²) in [5, 5.41) is 0. The molecule has 2 aromatic rings. The zero-order chi connectivity index (χ0) is 13.0. The van der Waals surface area contributed by atoms with Crippen molar-refractivity contribution in [3.05, 3.63) is 46.8 Å². The SMILES string of the molecule is CCOC(=O)c1nccc(-c2ccc(Br)cc2)n1. The molecule has 0 unspecified atom stereocenters. The van der Waals surface area contributed by atoms with Crippen molar-refractivity contribution in [2.45, 2.75) is 6.92 Å². The quantitative estimate of drug-likeness (QED) is 0.818. The fourth-order valence-electron chi connectivity index (χ4n) is 1.43. The van der Waals surface area contributed by atoms with Gasteiger partial charge in [-0.1, -0.05) is 28.1 Å². The van der Waals surface area contributed by atoms with Gasteiger partial charge in [0, 0.05) is 16.2 Å². The van der Waals surface area contributed by atoms with Crippen LogP contribution >= 0.6 is 15.9 Å². The number of halogens is 1. The second-order valence-corrected chi connectivity index (χ2v) is 4.41. The summed E-state index contributed by atoms with van der Waals surface area (Å²) in [7, 11) is 0. The van der Waals surface area contributed by atoms with E-state index in [9.17, 15) is 4.79 Å². The molecule has 0 bridgehead atoms. The van der Waals surface area contributed by atoms with Crippen LogP contribution in [0.3, 0.4) is 0 Å². The zero-order valence-corrected chi connectivity index (χ0v) is 11.3. The minimum absolute atomic E-state index is 0.0808. The van der Waals surface area contributed by atoms with Gasteiger partial charge < -0.3 is 4.74 Å². The summed E-state index contributed by atoms with van der Waals surface area (Å²) in [5.41, 5.74) is 1.62. The van der Waals surface area contributed by atoms with Crippen LogP contribution in [0.1, 0.15) is 17.5 Å². The number of nitrogens with zero attached hydrogens (tertiary/aromatic N) is 2. The number of carbonyl (C=O) groups is 1. The summed E-state index contributed by atoms with van der Waals surface area (Å²) in [6.07, 6.45) is 1.55. The Hall–Kier alpha value is -1.75. The molecule has 0 spiro atoms. The van der Waals surface area contributed by atoms with Gasteiger partial charge in [-0.25, -0.2) is 14.8 Å². The van der Waals surface area contributed by atoms with Crippen molar-refractivity contribution in [1.29, 1.82) is 0 Å². The highest BCUT2D eigenvalue weighted by atomic mass is 79.9. The lowest BCUT2D eigenvalue weighted by Crippen LogP contribution is -2.09. The van der Waals surface area contributed by atoms with Crippen molar-refractivity contribution in [3.63, 3.8) is 0 Å². The van der Waals surface area contributed by atoms with E-state index in [-0.39, 0.29) is 5.82 Å². The highest BCUT2D eigenvalue weighted by Gasteiger charge is 2.11. The second kappa shape index (κ2) is 5.73. The summed E-state index contributed by atoms with van der Waals surface area (Å²) in [4.78, 5) is 19.6. The average molecular weight is 307 g/mol. The highest BCUT2D eigenvalue weighted by molar-refractivity contribution is 9.10. The summed E-state index contributed by atoms with van der Waals surface area (Å²) in [5.74, 6) is -0.422. The molecule has 4 nitrogen and oxygen atoms in total. The molecule has 1 heterocycles. The molecular formula is C13H11BrN2O2. The number of benzene rings is 1. The van der Waals surface area contributed by atoms with E-state index in [1.165, 1.54) is 0 Å². The van der Waals surface area contributed by atoms with Gasteiger partial charge >= 0.3 is 5.97 Å². The number of ether oxygens (including phenoxy) is 1. The lowest BCUT2D eigenvalue weighted by Gasteiger charge is -2.03. The fraction of sp³-hybridized carbons (Fsp3) is 0.154. The number of hydrogen-bond acceptors (Lipinski definition) is 4. The Bertz CT molecular complexity index is 555. The van der Waals surface area contributed by atoms with Gasteiger partial charge in [-0.15, -0.1) is 0 Å². The molecule has 0 aliphatic rings. The molecule has 0 N–H and O–H groups in total. The molecule has 92 valence electrons. The molecule has 2 rings (SSSR count). The topological polar surface area (TPSA) is 52.1 Å². The predicted octanol–water partition coefficient (Wildman–Crippen LogP) is 3.08. The molecule has 0 aliphatic carbocycles. The Balaban J connectivity index is 2.32. The van der Waals surface area contributed by atoms with Gasteiger partial charge in [-0.2, -0.15) is 0 Å². The zero-order valence-electron chi connectivity index (χ0n) is 9.76. The van der Waals surface area contributed by atoms with Crippen LogP contribution in [-0.4, -0.2) is 22.5 Å². The van der Waals surface area contributed by atoms with Gasteiger partial charge in [0.25, 0.3) is 0 Å². The number of rotatable bonds is 3. The molecule has 0 radical (unpaired) electrons. The maximum absolute atomic E-state index is 11.5. The van der Waals surface area contributed by atoms with E-state index in [1.807, 2.05) is 24.3 Å². The maximum Gasteiger partial charge on any atom is 0.376 e. The third kappa shape index (κ3) is 2.92. The Morgan fingerprint density at radius 3 is 2.67 bits per heavy atom. The number of aromatic nitrogens is 2. The van der Waals surface area contributed by atoms with Crippen molar-refractivity contribution >= 4 is 21.9 Å². The molecule has 5 heteroatoms. The minimum Gasteiger partial charge on any atom is -0.460 e. The number of hydrogen-bond donors (Lipinski definition) is 0. The summed E-state index contributed by atoms with van der Waals surface area (Å²) >= 11 is 3.37. The van der Waals surface area contributed by atoms with Crippen LogP contribution in [-0.2, 0) is 4.74 Å². The van der Waals surface area contributed by atoms with Crippen LogP contribution in [0.2, 0.25) is 0 Å². The standard InChI is InChI=1S/C13H11BrN2O2/c1-2-18-13(17)12-15-8-7-11(16-12)9-3-5-10(14)6-4-9/h3-8H,2H2,1H3. The highest BCUT2D eigenvalue weighted by Crippen LogP contribution is 2.19. The Labute approximate surface area is 113 Å². The monoisotopic (exact) mass is 306 g/mol. The number of esters is 1. The Kier molecular flexibility index (Phi) is 4.04. The van der Waals surface area contributed by atoms with Gasteiger partial charge in [0.2, 0.25) is 5.82 Å². The van der Waals surface area contributed by atoms with Gasteiger partial charge in [-0.05, 0) is 25.1 Å². The summed E-state index contributed by atoms with van der Waals surface area (Å²) in [6.45, 7) is 2.06. The van der Waals surface area contributed by atoms with E-state index in [4.69, 9.17) is 4.74 Å². The normalized spacial score (nSPS) is 10.1. The molecule has 0 atom stereocenters. The Morgan fingerprint density at radius 1 is 1.28 bits per heavy atom. The first kappa shape index (κ1) is 12.7. The van der Waals surface area contributed by atoms with Gasteiger partial charge in [0.05, 0.1) is 12.3 Å². The van der Waals surface area contributed by atoms with Crippen LogP contribution in [0.4, 0.5) is 0 Å². The minimum atomic E-state index is -0.503. The van der Waals surface area contributed by atoms with E-state index in [0.29, 0.717) is 12.3 Å². The van der Waals surface area contributed by atoms with Crippen molar-refractivity contribution in [3.8, 4) is 11.3 Å². The molecule has 0 saturated heterocycles. The van der Waals surface area contributed by atoms with Crippen LogP contribution in [0, 0.1) is 0 Å². The fourth-order valence-corrected chi connectivity index (χ4v) is 1.70.